The van der Waals surface area contributed by atoms with Crippen molar-refractivity contribution in [2.45, 2.75) is 25.2 Å². The Morgan fingerprint density at radius 2 is 2.08 bits per heavy atom. The number of carbonyl (C=O) groups excluding carboxylic acids is 1. The van der Waals surface area contributed by atoms with Gasteiger partial charge in [0.25, 0.3) is 10.0 Å². The van der Waals surface area contributed by atoms with Gasteiger partial charge in [-0.1, -0.05) is 18.5 Å². The number of nitrogens with one attached hydrogen (secondary N) is 2. The van der Waals surface area contributed by atoms with Crippen molar-refractivity contribution in [1.82, 2.24) is 9.71 Å². The number of halogens is 1. The summed E-state index contributed by atoms with van der Waals surface area (Å²) in [4.78, 5) is 16.3. The first-order chi connectivity index (χ1) is 12.3. The standard InChI is InChI=1S/C17H16ClN3O3S2/c1-3-11-7-12(18)6-10(2)16(11)20-17(22)21-26(23,24)13-8-15-14(19-9-13)4-5-25-15/h4-9H,3H2,1-2H3,(H2,20,21,22). The molecular weight excluding hydrogens is 394 g/mol. The third kappa shape index (κ3) is 3.82. The van der Waals surface area contributed by atoms with E-state index in [1.807, 2.05) is 17.0 Å². The van der Waals surface area contributed by atoms with E-state index in [9.17, 15) is 13.2 Å². The number of hydrogen-bond donors (Lipinski definition) is 2. The van der Waals surface area contributed by atoms with E-state index in [0.29, 0.717) is 22.6 Å². The summed E-state index contributed by atoms with van der Waals surface area (Å²) in [6.45, 7) is 3.72. The lowest BCUT2D eigenvalue weighted by atomic mass is 10.1. The van der Waals surface area contributed by atoms with Gasteiger partial charge in [0.2, 0.25) is 0 Å². The SMILES string of the molecule is CCc1cc(Cl)cc(C)c1NC(=O)NS(=O)(=O)c1cnc2ccsc2c1. The molecule has 2 heterocycles. The number of fused-ring (bicyclic) bond motifs is 1. The maximum atomic E-state index is 12.5. The van der Waals surface area contributed by atoms with Crippen LogP contribution in [0.1, 0.15) is 18.1 Å². The van der Waals surface area contributed by atoms with Crippen LogP contribution in [0.15, 0.2) is 40.7 Å². The molecule has 136 valence electrons. The number of urea groups is 1. The number of nitrogens with zero attached hydrogens (tertiary/aromatic N) is 1. The van der Waals surface area contributed by atoms with E-state index in [0.717, 1.165) is 15.8 Å². The van der Waals surface area contributed by atoms with Crippen molar-refractivity contribution in [2.24, 2.45) is 0 Å². The van der Waals surface area contributed by atoms with Crippen molar-refractivity contribution in [3.8, 4) is 0 Å². The predicted octanol–water partition coefficient (Wildman–Crippen LogP) is 4.33. The summed E-state index contributed by atoms with van der Waals surface area (Å²) < 4.78 is 27.7. The zero-order chi connectivity index (χ0) is 18.9. The van der Waals surface area contributed by atoms with Gasteiger partial charge < -0.3 is 5.32 Å². The largest absolute Gasteiger partial charge is 0.333 e. The summed E-state index contributed by atoms with van der Waals surface area (Å²) in [6, 6.07) is 5.91. The Hall–Kier alpha value is -2.16. The van der Waals surface area contributed by atoms with Crippen LogP contribution < -0.4 is 10.0 Å². The molecule has 3 aromatic rings. The summed E-state index contributed by atoms with van der Waals surface area (Å²) in [7, 11) is -4.03. The predicted molar refractivity (Wildman–Crippen MR) is 105 cm³/mol. The Morgan fingerprint density at radius 3 is 2.81 bits per heavy atom. The molecule has 0 fully saturated rings. The third-order valence-electron chi connectivity index (χ3n) is 3.82. The minimum Gasteiger partial charge on any atom is -0.307 e. The minimum atomic E-state index is -4.03. The van der Waals surface area contributed by atoms with Crippen LogP contribution >= 0.6 is 22.9 Å². The summed E-state index contributed by atoms with van der Waals surface area (Å²) in [6.07, 6.45) is 1.87. The number of amides is 2. The van der Waals surface area contributed by atoms with Gasteiger partial charge in [0, 0.05) is 16.9 Å². The molecule has 2 N–H and O–H groups in total. The Labute approximate surface area is 160 Å². The van der Waals surface area contributed by atoms with Crippen LogP contribution in [0.3, 0.4) is 0 Å². The highest BCUT2D eigenvalue weighted by Crippen LogP contribution is 2.26. The second-order valence-electron chi connectivity index (χ2n) is 5.64. The average Bonchev–Trinajstić information content (AvgIpc) is 3.04. The van der Waals surface area contributed by atoms with Crippen molar-refractivity contribution in [1.29, 1.82) is 0 Å². The van der Waals surface area contributed by atoms with E-state index in [1.165, 1.54) is 23.6 Å². The fraction of sp³-hybridized carbons (Fsp3) is 0.176. The molecule has 0 spiro atoms. The lowest BCUT2D eigenvalue weighted by Gasteiger charge is -2.14. The van der Waals surface area contributed by atoms with Crippen molar-refractivity contribution in [3.63, 3.8) is 0 Å². The van der Waals surface area contributed by atoms with Gasteiger partial charge in [0.1, 0.15) is 4.90 Å². The van der Waals surface area contributed by atoms with E-state index >= 15 is 0 Å². The van der Waals surface area contributed by atoms with Crippen molar-refractivity contribution >= 4 is 54.9 Å². The molecule has 0 aliphatic carbocycles. The average molecular weight is 410 g/mol. The number of hydrogen-bond acceptors (Lipinski definition) is 5. The van der Waals surface area contributed by atoms with Gasteiger partial charge >= 0.3 is 6.03 Å². The minimum absolute atomic E-state index is 0.0638. The summed E-state index contributed by atoms with van der Waals surface area (Å²) in [5.41, 5.74) is 2.84. The smallest absolute Gasteiger partial charge is 0.307 e. The zero-order valence-corrected chi connectivity index (χ0v) is 16.4. The number of anilines is 1. The molecule has 0 saturated carbocycles. The molecule has 0 saturated heterocycles. The fourth-order valence-electron chi connectivity index (χ4n) is 2.57. The molecular formula is C17H16ClN3O3S2. The Morgan fingerprint density at radius 1 is 1.31 bits per heavy atom. The van der Waals surface area contributed by atoms with E-state index in [1.54, 1.807) is 25.1 Å². The number of sulfonamides is 1. The van der Waals surface area contributed by atoms with E-state index in [4.69, 9.17) is 11.6 Å². The van der Waals surface area contributed by atoms with Crippen LogP contribution in [0.2, 0.25) is 5.02 Å². The first kappa shape index (κ1) is 18.6. The summed E-state index contributed by atoms with van der Waals surface area (Å²) in [5, 5.41) is 5.00. The number of aromatic nitrogens is 1. The van der Waals surface area contributed by atoms with Crippen molar-refractivity contribution in [2.75, 3.05) is 5.32 Å². The Balaban J connectivity index is 1.83. The van der Waals surface area contributed by atoms with E-state index in [2.05, 4.69) is 10.3 Å². The number of thiophene rings is 1. The normalized spacial score (nSPS) is 11.5. The number of carbonyl (C=O) groups is 1. The van der Waals surface area contributed by atoms with Gasteiger partial charge in [-0.25, -0.2) is 17.9 Å². The first-order valence-electron chi connectivity index (χ1n) is 7.76. The van der Waals surface area contributed by atoms with Crippen LogP contribution in [-0.2, 0) is 16.4 Å². The van der Waals surface area contributed by atoms with Crippen LogP contribution in [0.25, 0.3) is 10.2 Å². The highest BCUT2D eigenvalue weighted by atomic mass is 35.5. The number of aryl methyl sites for hydroxylation is 2. The first-order valence-corrected chi connectivity index (χ1v) is 10.5. The molecule has 6 nitrogen and oxygen atoms in total. The topological polar surface area (TPSA) is 88.2 Å². The maximum Gasteiger partial charge on any atom is 0.333 e. The quantitative estimate of drug-likeness (QED) is 0.671. The molecule has 1 aromatic carbocycles. The summed E-state index contributed by atoms with van der Waals surface area (Å²) in [5.74, 6) is 0. The fourth-order valence-corrected chi connectivity index (χ4v) is 4.59. The molecule has 0 radical (unpaired) electrons. The van der Waals surface area contributed by atoms with Gasteiger partial charge in [-0.2, -0.15) is 0 Å². The number of benzene rings is 1. The maximum absolute atomic E-state index is 12.5. The highest BCUT2D eigenvalue weighted by Gasteiger charge is 2.20. The molecule has 0 bridgehead atoms. The molecule has 3 rings (SSSR count). The van der Waals surface area contributed by atoms with Gasteiger partial charge in [0.15, 0.2) is 0 Å². The van der Waals surface area contributed by atoms with Crippen molar-refractivity contribution < 1.29 is 13.2 Å². The molecule has 0 aliphatic heterocycles. The summed E-state index contributed by atoms with van der Waals surface area (Å²) >= 11 is 7.41. The third-order valence-corrected chi connectivity index (χ3v) is 6.19. The van der Waals surface area contributed by atoms with E-state index < -0.39 is 16.1 Å². The molecule has 26 heavy (non-hydrogen) atoms. The molecule has 0 atom stereocenters. The van der Waals surface area contributed by atoms with Gasteiger partial charge in [-0.15, -0.1) is 11.3 Å². The second kappa shape index (κ2) is 7.22. The van der Waals surface area contributed by atoms with Gasteiger partial charge in [-0.05, 0) is 54.1 Å². The van der Waals surface area contributed by atoms with Crippen LogP contribution in [-0.4, -0.2) is 19.4 Å². The molecule has 2 aromatic heterocycles. The monoisotopic (exact) mass is 409 g/mol. The van der Waals surface area contributed by atoms with Crippen LogP contribution in [0.4, 0.5) is 10.5 Å². The van der Waals surface area contributed by atoms with Crippen molar-refractivity contribution in [3.05, 3.63) is 52.0 Å². The molecule has 0 unspecified atom stereocenters. The second-order valence-corrected chi connectivity index (χ2v) is 8.71. The van der Waals surface area contributed by atoms with Crippen LogP contribution in [0, 0.1) is 6.92 Å². The lowest BCUT2D eigenvalue weighted by molar-refractivity contribution is 0.256. The lowest BCUT2D eigenvalue weighted by Crippen LogP contribution is -2.34. The molecule has 2 amide bonds. The van der Waals surface area contributed by atoms with Gasteiger partial charge in [0.05, 0.1) is 10.2 Å². The number of rotatable bonds is 4. The molecule has 9 heteroatoms. The van der Waals surface area contributed by atoms with E-state index in [-0.39, 0.29) is 4.90 Å². The zero-order valence-electron chi connectivity index (χ0n) is 14.0. The van der Waals surface area contributed by atoms with Crippen LogP contribution in [0.5, 0.6) is 0 Å². The highest BCUT2D eigenvalue weighted by molar-refractivity contribution is 7.90. The Bertz CT molecular complexity index is 1090. The molecule has 0 aliphatic rings. The number of pyridine rings is 1. The van der Waals surface area contributed by atoms with Gasteiger partial charge in [-0.3, -0.25) is 4.98 Å². The Kier molecular flexibility index (Phi) is 5.17.